The molecule has 7 nitrogen and oxygen atoms in total. The van der Waals surface area contributed by atoms with Crippen LogP contribution in [0.5, 0.6) is 5.75 Å². The molecule has 0 saturated heterocycles. The molecule has 2 aromatic carbocycles. The van der Waals surface area contributed by atoms with E-state index in [1.165, 1.54) is 7.11 Å². The van der Waals surface area contributed by atoms with E-state index in [4.69, 9.17) is 14.2 Å². The quantitative estimate of drug-likeness (QED) is 0.602. The Bertz CT molecular complexity index is 850. The first-order valence-electron chi connectivity index (χ1n) is 9.70. The van der Waals surface area contributed by atoms with Gasteiger partial charge >= 0.3 is 11.9 Å². The number of nitrogens with one attached hydrogen (secondary N) is 1. The zero-order chi connectivity index (χ0) is 21.9. The molecule has 1 N–H and O–H groups in total. The summed E-state index contributed by atoms with van der Waals surface area (Å²) in [7, 11) is 1.26. The second kappa shape index (κ2) is 11.6. The number of amides is 1. The van der Waals surface area contributed by atoms with Gasteiger partial charge in [-0.15, -0.1) is 0 Å². The van der Waals surface area contributed by atoms with Gasteiger partial charge in [-0.05, 0) is 30.5 Å². The third-order valence-electron chi connectivity index (χ3n) is 4.24. The molecule has 0 aliphatic carbocycles. The van der Waals surface area contributed by atoms with E-state index in [1.54, 1.807) is 24.3 Å². The summed E-state index contributed by atoms with van der Waals surface area (Å²) in [5.41, 5.74) is 0.951. The average Bonchev–Trinajstić information content (AvgIpc) is 2.75. The van der Waals surface area contributed by atoms with Gasteiger partial charge in [-0.1, -0.05) is 50.2 Å². The van der Waals surface area contributed by atoms with Crippen molar-refractivity contribution in [2.75, 3.05) is 13.7 Å². The predicted molar refractivity (Wildman–Crippen MR) is 111 cm³/mol. The van der Waals surface area contributed by atoms with Crippen LogP contribution in [0.4, 0.5) is 0 Å². The fourth-order valence-corrected chi connectivity index (χ4v) is 2.80. The zero-order valence-electron chi connectivity index (χ0n) is 17.4. The number of carbonyl (C=O) groups is 3. The Kier molecular flexibility index (Phi) is 8.87. The summed E-state index contributed by atoms with van der Waals surface area (Å²) in [5.74, 6) is -0.896. The number of rotatable bonds is 10. The molecule has 0 unspecified atom stereocenters. The van der Waals surface area contributed by atoms with E-state index in [9.17, 15) is 14.4 Å². The largest absolute Gasteiger partial charge is 0.489 e. The number of ether oxygens (including phenoxy) is 3. The van der Waals surface area contributed by atoms with Crippen molar-refractivity contribution in [3.8, 4) is 5.75 Å². The van der Waals surface area contributed by atoms with E-state index in [0.29, 0.717) is 23.3 Å². The zero-order valence-corrected chi connectivity index (χ0v) is 17.4. The van der Waals surface area contributed by atoms with Gasteiger partial charge in [0.15, 0.2) is 6.61 Å². The molecule has 2 aromatic rings. The Hall–Kier alpha value is -3.35. The highest BCUT2D eigenvalue weighted by atomic mass is 16.5. The van der Waals surface area contributed by atoms with Crippen molar-refractivity contribution in [2.45, 2.75) is 32.9 Å². The van der Waals surface area contributed by atoms with Crippen LogP contribution in [-0.4, -0.2) is 37.6 Å². The molecule has 160 valence electrons. The fourth-order valence-electron chi connectivity index (χ4n) is 2.80. The topological polar surface area (TPSA) is 90.9 Å². The summed E-state index contributed by atoms with van der Waals surface area (Å²) < 4.78 is 15.6. The first-order valence-corrected chi connectivity index (χ1v) is 9.70. The smallest absolute Gasteiger partial charge is 0.339 e. The maximum atomic E-state index is 12.5. The second-order valence-corrected chi connectivity index (χ2v) is 7.11. The van der Waals surface area contributed by atoms with E-state index in [2.05, 4.69) is 5.32 Å². The van der Waals surface area contributed by atoms with Crippen molar-refractivity contribution in [1.29, 1.82) is 0 Å². The maximum absolute atomic E-state index is 12.5. The summed E-state index contributed by atoms with van der Waals surface area (Å²) in [6, 6.07) is 15.3. The Morgan fingerprint density at radius 1 is 0.967 bits per heavy atom. The Balaban J connectivity index is 1.94. The minimum atomic E-state index is -0.784. The molecular formula is C23H27NO6. The summed E-state index contributed by atoms with van der Waals surface area (Å²) >= 11 is 0. The fraction of sp³-hybridized carbons (Fsp3) is 0.348. The lowest BCUT2D eigenvalue weighted by Crippen LogP contribution is -2.44. The Labute approximate surface area is 176 Å². The van der Waals surface area contributed by atoms with Gasteiger partial charge in [-0.2, -0.15) is 0 Å². The van der Waals surface area contributed by atoms with Crippen LogP contribution in [0.15, 0.2) is 54.6 Å². The van der Waals surface area contributed by atoms with Crippen molar-refractivity contribution in [3.05, 3.63) is 65.7 Å². The number of esters is 2. The minimum absolute atomic E-state index is 0.174. The number of hydrogen-bond donors (Lipinski definition) is 1. The molecule has 0 bridgehead atoms. The lowest BCUT2D eigenvalue weighted by Gasteiger charge is -2.18. The second-order valence-electron chi connectivity index (χ2n) is 7.11. The van der Waals surface area contributed by atoms with Crippen LogP contribution in [-0.2, 0) is 25.7 Å². The number of carbonyl (C=O) groups excluding carboxylic acids is 3. The Morgan fingerprint density at radius 3 is 2.30 bits per heavy atom. The third-order valence-corrected chi connectivity index (χ3v) is 4.24. The lowest BCUT2D eigenvalue weighted by atomic mass is 10.0. The van der Waals surface area contributed by atoms with Crippen molar-refractivity contribution >= 4 is 17.8 Å². The van der Waals surface area contributed by atoms with Gasteiger partial charge in [0.2, 0.25) is 0 Å². The van der Waals surface area contributed by atoms with Crippen LogP contribution < -0.4 is 10.1 Å². The minimum Gasteiger partial charge on any atom is -0.489 e. The lowest BCUT2D eigenvalue weighted by molar-refractivity contribution is -0.145. The molecule has 2 rings (SSSR count). The van der Waals surface area contributed by atoms with Crippen molar-refractivity contribution in [1.82, 2.24) is 5.32 Å². The number of para-hydroxylation sites is 1. The summed E-state index contributed by atoms with van der Waals surface area (Å²) in [5, 5.41) is 2.55. The monoisotopic (exact) mass is 413 g/mol. The summed E-state index contributed by atoms with van der Waals surface area (Å²) in [4.78, 5) is 36.5. The van der Waals surface area contributed by atoms with E-state index in [-0.39, 0.29) is 12.5 Å². The van der Waals surface area contributed by atoms with Gasteiger partial charge in [0.1, 0.15) is 18.4 Å². The summed E-state index contributed by atoms with van der Waals surface area (Å²) in [6.07, 6.45) is 0.423. The normalized spacial score (nSPS) is 11.5. The van der Waals surface area contributed by atoms with Crippen LogP contribution >= 0.6 is 0 Å². The molecule has 0 spiro atoms. The highest BCUT2D eigenvalue weighted by Crippen LogP contribution is 2.15. The van der Waals surface area contributed by atoms with Crippen LogP contribution in [0.25, 0.3) is 0 Å². The number of methoxy groups -OCH3 is 1. The van der Waals surface area contributed by atoms with E-state index < -0.39 is 30.5 Å². The molecule has 0 radical (unpaired) electrons. The van der Waals surface area contributed by atoms with Gasteiger partial charge in [0.05, 0.1) is 12.7 Å². The van der Waals surface area contributed by atoms with Crippen LogP contribution in [0, 0.1) is 5.92 Å². The van der Waals surface area contributed by atoms with Crippen molar-refractivity contribution < 1.29 is 28.6 Å². The van der Waals surface area contributed by atoms with Gasteiger partial charge < -0.3 is 19.5 Å². The molecule has 0 aromatic heterocycles. The molecule has 0 saturated carbocycles. The van der Waals surface area contributed by atoms with E-state index in [1.807, 2.05) is 44.2 Å². The van der Waals surface area contributed by atoms with Crippen LogP contribution in [0.2, 0.25) is 0 Å². The molecule has 0 aliphatic heterocycles. The Morgan fingerprint density at radius 2 is 1.63 bits per heavy atom. The van der Waals surface area contributed by atoms with E-state index in [0.717, 1.165) is 0 Å². The van der Waals surface area contributed by atoms with Crippen molar-refractivity contribution in [2.24, 2.45) is 5.92 Å². The molecule has 1 amide bonds. The standard InChI is InChI=1S/C23H27NO6/c1-16(2)13-20(23(27)28-3)24-21(25)15-30-22(26)19-12-8-7-9-17(19)14-29-18-10-5-4-6-11-18/h4-12,16,20H,13-15H2,1-3H3,(H,24,25)/t20-/m0/s1. The maximum Gasteiger partial charge on any atom is 0.339 e. The molecular weight excluding hydrogens is 386 g/mol. The van der Waals surface area contributed by atoms with Crippen LogP contribution in [0.3, 0.4) is 0 Å². The number of hydrogen-bond acceptors (Lipinski definition) is 6. The van der Waals surface area contributed by atoms with Crippen molar-refractivity contribution in [3.63, 3.8) is 0 Å². The molecule has 30 heavy (non-hydrogen) atoms. The first kappa shape index (κ1) is 22.9. The van der Waals surface area contributed by atoms with Gasteiger partial charge in [0.25, 0.3) is 5.91 Å². The van der Waals surface area contributed by atoms with Gasteiger partial charge in [0, 0.05) is 5.56 Å². The van der Waals surface area contributed by atoms with Gasteiger partial charge in [-0.3, -0.25) is 4.79 Å². The molecule has 0 fully saturated rings. The SMILES string of the molecule is COC(=O)[C@H](CC(C)C)NC(=O)COC(=O)c1ccccc1COc1ccccc1. The summed E-state index contributed by atoms with van der Waals surface area (Å²) in [6.45, 7) is 3.53. The highest BCUT2D eigenvalue weighted by molar-refractivity contribution is 5.93. The first-order chi connectivity index (χ1) is 14.4. The number of benzene rings is 2. The molecule has 0 heterocycles. The van der Waals surface area contributed by atoms with Gasteiger partial charge in [-0.25, -0.2) is 9.59 Å². The average molecular weight is 413 g/mol. The third kappa shape index (κ3) is 7.24. The molecule has 1 atom stereocenters. The highest BCUT2D eigenvalue weighted by Gasteiger charge is 2.23. The van der Waals surface area contributed by atoms with E-state index >= 15 is 0 Å². The van der Waals surface area contributed by atoms with Crippen LogP contribution in [0.1, 0.15) is 36.2 Å². The predicted octanol–water partition coefficient (Wildman–Crippen LogP) is 3.13. The molecule has 7 heteroatoms. The molecule has 0 aliphatic rings.